The van der Waals surface area contributed by atoms with Crippen molar-refractivity contribution in [1.29, 1.82) is 5.26 Å². The summed E-state index contributed by atoms with van der Waals surface area (Å²) in [4.78, 5) is 27.6. The molecule has 1 amide bonds. The number of carbonyl (C=O) groups is 1. The maximum absolute atomic E-state index is 12.7. The number of fused-ring (bicyclic) bond motifs is 1. The fourth-order valence-corrected chi connectivity index (χ4v) is 4.58. The number of rotatable bonds is 9. The van der Waals surface area contributed by atoms with Gasteiger partial charge in [-0.15, -0.1) is 0 Å². The van der Waals surface area contributed by atoms with Crippen molar-refractivity contribution in [2.45, 2.75) is 18.9 Å². The smallest absolute Gasteiger partial charge is 0.255 e. The summed E-state index contributed by atoms with van der Waals surface area (Å²) in [5, 5.41) is 19.0. The lowest BCUT2D eigenvalue weighted by molar-refractivity contribution is 0.0253. The van der Waals surface area contributed by atoms with Gasteiger partial charge in [-0.2, -0.15) is 5.26 Å². The minimum absolute atomic E-state index is 0.0439. The van der Waals surface area contributed by atoms with Crippen LogP contribution in [0.3, 0.4) is 0 Å². The van der Waals surface area contributed by atoms with Crippen molar-refractivity contribution >= 4 is 17.0 Å². The molecule has 4 aromatic heterocycles. The van der Waals surface area contributed by atoms with Gasteiger partial charge in [0.25, 0.3) is 5.91 Å². The quantitative estimate of drug-likeness (QED) is 0.321. The Labute approximate surface area is 236 Å². The average molecular weight is 560 g/mol. The van der Waals surface area contributed by atoms with Gasteiger partial charge in [-0.25, -0.2) is 15.0 Å². The van der Waals surface area contributed by atoms with Crippen LogP contribution in [-0.4, -0.2) is 84.6 Å². The van der Waals surface area contributed by atoms with Gasteiger partial charge in [-0.3, -0.25) is 4.79 Å². The number of furan rings is 1. The van der Waals surface area contributed by atoms with Crippen molar-refractivity contribution in [1.82, 2.24) is 19.9 Å². The minimum atomic E-state index is -0.307. The van der Waals surface area contributed by atoms with E-state index in [9.17, 15) is 10.1 Å². The van der Waals surface area contributed by atoms with Crippen molar-refractivity contribution in [3.8, 4) is 46.0 Å². The van der Waals surface area contributed by atoms with Crippen LogP contribution in [0.4, 0.5) is 0 Å². The predicted molar refractivity (Wildman–Crippen MR) is 147 cm³/mol. The van der Waals surface area contributed by atoms with Crippen molar-refractivity contribution in [2.24, 2.45) is 0 Å². The maximum Gasteiger partial charge on any atom is 0.255 e. The third-order valence-electron chi connectivity index (χ3n) is 6.74. The lowest BCUT2D eigenvalue weighted by atomic mass is 10.1. The number of aromatic nitrogens is 3. The van der Waals surface area contributed by atoms with Crippen LogP contribution in [0.15, 0.2) is 41.1 Å². The molecule has 0 saturated carbocycles. The zero-order valence-corrected chi connectivity index (χ0v) is 22.9. The molecule has 0 aliphatic carbocycles. The van der Waals surface area contributed by atoms with Gasteiger partial charge in [0.2, 0.25) is 0 Å². The summed E-state index contributed by atoms with van der Waals surface area (Å²) >= 11 is 0. The van der Waals surface area contributed by atoms with Crippen molar-refractivity contribution in [2.75, 3.05) is 47.6 Å². The number of methoxy groups -OCH3 is 2. The summed E-state index contributed by atoms with van der Waals surface area (Å²) in [5.74, 6) is 1.17. The molecule has 0 unspecified atom stereocenters. The van der Waals surface area contributed by atoms with Gasteiger partial charge < -0.3 is 33.4 Å². The van der Waals surface area contributed by atoms with Crippen LogP contribution in [0.2, 0.25) is 0 Å². The van der Waals surface area contributed by atoms with Crippen LogP contribution >= 0.6 is 0 Å². The number of pyridine rings is 3. The Morgan fingerprint density at radius 1 is 1.12 bits per heavy atom. The van der Waals surface area contributed by atoms with Crippen LogP contribution in [0, 0.1) is 11.3 Å². The van der Waals surface area contributed by atoms with Gasteiger partial charge in [-0.05, 0) is 18.2 Å². The number of carbonyl (C=O) groups excluding carboxylic acids is 1. The Balaban J connectivity index is 1.54. The largest absolute Gasteiger partial charge is 0.494 e. The highest BCUT2D eigenvalue weighted by Crippen LogP contribution is 2.40. The highest BCUT2D eigenvalue weighted by Gasteiger charge is 2.24. The van der Waals surface area contributed by atoms with Crippen LogP contribution in [0.25, 0.3) is 33.8 Å². The lowest BCUT2D eigenvalue weighted by Gasteiger charge is -2.23. The first-order chi connectivity index (χ1) is 20.0. The third-order valence-corrected chi connectivity index (χ3v) is 6.74. The fraction of sp³-hybridized carbons (Fsp3) is 0.345. The molecule has 0 bridgehead atoms. The van der Waals surface area contributed by atoms with E-state index in [1.54, 1.807) is 37.5 Å². The molecule has 0 aromatic carbocycles. The number of nitriles is 1. The van der Waals surface area contributed by atoms with Crippen LogP contribution in [0.1, 0.15) is 28.9 Å². The van der Waals surface area contributed by atoms with Gasteiger partial charge in [0.05, 0.1) is 57.1 Å². The normalized spacial score (nSPS) is 13.5. The predicted octanol–water partition coefficient (Wildman–Crippen LogP) is 3.46. The SMILES string of the molecule is COc1cc(C(=O)N(C)CCO)cnc1-c1cc2ncc(OC)c(-c3ccc(OC4CCOCC4)c(C#N)n3)c2o1. The second-order valence-corrected chi connectivity index (χ2v) is 9.34. The highest BCUT2D eigenvalue weighted by molar-refractivity contribution is 5.96. The number of hydrogen-bond acceptors (Lipinski definition) is 11. The third kappa shape index (κ3) is 5.63. The van der Waals surface area contributed by atoms with Gasteiger partial charge in [0, 0.05) is 38.7 Å². The molecule has 1 saturated heterocycles. The van der Waals surface area contributed by atoms with Gasteiger partial charge >= 0.3 is 0 Å². The maximum atomic E-state index is 12.7. The van der Waals surface area contributed by atoms with E-state index in [1.807, 2.05) is 0 Å². The molecule has 0 atom stereocenters. The first-order valence-corrected chi connectivity index (χ1v) is 13.0. The molecule has 1 N–H and O–H groups in total. The number of hydrogen-bond donors (Lipinski definition) is 1. The minimum Gasteiger partial charge on any atom is -0.494 e. The van der Waals surface area contributed by atoms with Gasteiger partial charge in [0.1, 0.15) is 34.9 Å². The molecule has 1 aliphatic rings. The molecule has 1 fully saturated rings. The Bertz CT molecular complexity index is 1610. The molecule has 5 heterocycles. The van der Waals surface area contributed by atoms with Crippen LogP contribution in [0.5, 0.6) is 17.2 Å². The second kappa shape index (κ2) is 12.2. The van der Waals surface area contributed by atoms with Gasteiger partial charge in [-0.1, -0.05) is 0 Å². The number of ether oxygens (including phenoxy) is 4. The number of aliphatic hydroxyl groups is 1. The summed E-state index contributed by atoms with van der Waals surface area (Å²) < 4.78 is 28.8. The zero-order chi connectivity index (χ0) is 28.9. The Kier molecular flexibility index (Phi) is 8.28. The summed E-state index contributed by atoms with van der Waals surface area (Å²) in [6.07, 6.45) is 4.42. The molecule has 41 heavy (non-hydrogen) atoms. The standard InChI is InChI=1S/C29H29N5O7/c1-34(8-9-35)29(36)17-12-23(37-2)27(32-15-17)24-13-20-28(41-24)26(25(38-3)16-31-20)19-4-5-22(21(14-30)33-19)40-18-6-10-39-11-7-18/h4-5,12-13,15-16,18,35H,6-11H2,1-3H3. The van der Waals surface area contributed by atoms with Crippen LogP contribution in [-0.2, 0) is 4.74 Å². The van der Waals surface area contributed by atoms with Gasteiger partial charge in [0.15, 0.2) is 22.8 Å². The molecule has 1 aliphatic heterocycles. The molecular weight excluding hydrogens is 530 g/mol. The van der Waals surface area contributed by atoms with E-state index < -0.39 is 0 Å². The number of amides is 1. The zero-order valence-electron chi connectivity index (χ0n) is 22.9. The van der Waals surface area contributed by atoms with Crippen molar-refractivity contribution in [3.05, 3.63) is 47.9 Å². The van der Waals surface area contributed by atoms with Crippen LogP contribution < -0.4 is 14.2 Å². The first-order valence-electron chi connectivity index (χ1n) is 13.0. The van der Waals surface area contributed by atoms with Crippen molar-refractivity contribution < 1.29 is 33.3 Å². The first kappa shape index (κ1) is 27.8. The van der Waals surface area contributed by atoms with E-state index in [-0.39, 0.29) is 30.9 Å². The monoisotopic (exact) mass is 559 g/mol. The average Bonchev–Trinajstić information content (AvgIpc) is 3.45. The summed E-state index contributed by atoms with van der Waals surface area (Å²) in [6, 6.07) is 8.87. The molecule has 212 valence electrons. The van der Waals surface area contributed by atoms with E-state index >= 15 is 0 Å². The van der Waals surface area contributed by atoms with E-state index in [0.29, 0.717) is 69.8 Å². The fourth-order valence-electron chi connectivity index (χ4n) is 4.58. The Morgan fingerprint density at radius 3 is 2.61 bits per heavy atom. The van der Waals surface area contributed by atoms with Crippen molar-refractivity contribution in [3.63, 3.8) is 0 Å². The number of nitrogens with zero attached hydrogens (tertiary/aromatic N) is 5. The molecule has 4 aromatic rings. The Hall–Kier alpha value is -4.73. The number of aliphatic hydroxyl groups excluding tert-OH is 1. The highest BCUT2D eigenvalue weighted by atomic mass is 16.5. The van der Waals surface area contributed by atoms with E-state index in [4.69, 9.17) is 28.5 Å². The van der Waals surface area contributed by atoms with E-state index in [1.165, 1.54) is 25.3 Å². The molecule has 12 heteroatoms. The molecule has 0 spiro atoms. The molecular formula is C29H29N5O7. The van der Waals surface area contributed by atoms with E-state index in [2.05, 4.69) is 21.0 Å². The summed E-state index contributed by atoms with van der Waals surface area (Å²) in [7, 11) is 4.57. The van der Waals surface area contributed by atoms with E-state index in [0.717, 1.165) is 12.8 Å². The molecule has 0 radical (unpaired) electrons. The molecule has 5 rings (SSSR count). The summed E-state index contributed by atoms with van der Waals surface area (Å²) in [6.45, 7) is 1.26. The topological polar surface area (TPSA) is 153 Å². The number of likely N-dealkylation sites (N-methyl/N-ethyl adjacent to an activating group) is 1. The second-order valence-electron chi connectivity index (χ2n) is 9.34. The summed E-state index contributed by atoms with van der Waals surface area (Å²) in [5.41, 5.74) is 2.64. The lowest BCUT2D eigenvalue weighted by Crippen LogP contribution is -2.29. The Morgan fingerprint density at radius 2 is 1.90 bits per heavy atom. The molecule has 12 nitrogen and oxygen atoms in total.